The van der Waals surface area contributed by atoms with Crippen molar-refractivity contribution in [1.29, 1.82) is 0 Å². The number of aliphatic hydroxyl groups is 4. The summed E-state index contributed by atoms with van der Waals surface area (Å²) in [6, 6.07) is 6.79. The van der Waals surface area contributed by atoms with Gasteiger partial charge < -0.3 is 63.8 Å². The van der Waals surface area contributed by atoms with Crippen LogP contribution in [0.15, 0.2) is 39.5 Å². The third-order valence-electron chi connectivity index (χ3n) is 6.95. The van der Waals surface area contributed by atoms with Gasteiger partial charge in [-0.05, 0) is 31.2 Å². The number of aliphatic carboxylic acids is 1. The molecule has 0 saturated carbocycles. The van der Waals surface area contributed by atoms with Gasteiger partial charge in [0.1, 0.15) is 47.9 Å². The summed E-state index contributed by atoms with van der Waals surface area (Å²) >= 11 is 0. The molecule has 7 N–H and O–H groups in total. The number of hydrogen-bond acceptors (Lipinski definition) is 15. The lowest BCUT2D eigenvalue weighted by molar-refractivity contribution is -0.279. The molecule has 16 nitrogen and oxygen atoms in total. The predicted octanol–water partition coefficient (Wildman–Crippen LogP) is 0.234. The van der Waals surface area contributed by atoms with Gasteiger partial charge in [0.05, 0.1) is 32.7 Å². The molecule has 1 aromatic heterocycles. The van der Waals surface area contributed by atoms with Gasteiger partial charge in [0.25, 0.3) is 0 Å². The van der Waals surface area contributed by atoms with Crippen molar-refractivity contribution in [3.63, 3.8) is 0 Å². The van der Waals surface area contributed by atoms with Gasteiger partial charge in [0, 0.05) is 11.6 Å². The third-order valence-corrected chi connectivity index (χ3v) is 6.95. The molecule has 1 aliphatic rings. The fourth-order valence-electron chi connectivity index (χ4n) is 4.75. The normalized spacial score (nSPS) is 22.8. The first-order chi connectivity index (χ1) is 21.2. The van der Waals surface area contributed by atoms with E-state index in [1.54, 1.807) is 0 Å². The molecule has 6 unspecified atom stereocenters. The molecule has 2 heterocycles. The largest absolute Gasteiger partial charge is 0.508 e. The quantitative estimate of drug-likeness (QED) is 0.139. The standard InChI is InChI=1S/C29H32O16/c1-29(39,9-17(32)33)10-18(34)42-11-16-20(35)22(37)23(38)28(44-16)45-27-25(40-2)21(36)19-14(31)8-15(43-24(19)26(27)41-3)12-4-6-13(30)7-5-12/h4-8,16,20,22-23,28,30,35-39H,9-11H2,1-3H3,(H,32,33). The molecule has 45 heavy (non-hydrogen) atoms. The van der Waals surface area contributed by atoms with Crippen LogP contribution in [0.4, 0.5) is 0 Å². The van der Waals surface area contributed by atoms with Crippen LogP contribution in [0, 0.1) is 0 Å². The number of carbonyl (C=O) groups excluding carboxylic acids is 1. The fraction of sp³-hybridized carbons (Fsp3) is 0.414. The number of esters is 1. The van der Waals surface area contributed by atoms with Crippen LogP contribution >= 0.6 is 0 Å². The lowest BCUT2D eigenvalue weighted by Crippen LogP contribution is -2.60. The second-order valence-electron chi connectivity index (χ2n) is 10.5. The molecule has 0 bridgehead atoms. The van der Waals surface area contributed by atoms with Crippen LogP contribution in [0.2, 0.25) is 0 Å². The summed E-state index contributed by atoms with van der Waals surface area (Å²) in [4.78, 5) is 36.3. The van der Waals surface area contributed by atoms with E-state index in [0.29, 0.717) is 5.56 Å². The van der Waals surface area contributed by atoms with Crippen LogP contribution in [0.25, 0.3) is 22.3 Å². The molecule has 16 heteroatoms. The zero-order valence-electron chi connectivity index (χ0n) is 24.2. The molecule has 1 aliphatic heterocycles. The number of ether oxygens (including phenoxy) is 5. The van der Waals surface area contributed by atoms with Crippen LogP contribution in [0.1, 0.15) is 19.8 Å². The predicted molar refractivity (Wildman–Crippen MR) is 150 cm³/mol. The topological polar surface area (TPSA) is 252 Å². The molecule has 0 spiro atoms. The van der Waals surface area contributed by atoms with Gasteiger partial charge in [-0.3, -0.25) is 14.4 Å². The summed E-state index contributed by atoms with van der Waals surface area (Å²) in [6.07, 6.45) is -10.4. The minimum atomic E-state index is -1.93. The number of rotatable bonds is 11. The number of carboxylic acid groups (broad SMARTS) is 1. The van der Waals surface area contributed by atoms with Crippen LogP contribution in [0.3, 0.4) is 0 Å². The molecule has 244 valence electrons. The zero-order valence-corrected chi connectivity index (χ0v) is 24.2. The van der Waals surface area contributed by atoms with Gasteiger partial charge in [0.15, 0.2) is 16.8 Å². The number of aromatic hydroxyl groups is 2. The average Bonchev–Trinajstić information content (AvgIpc) is 2.96. The Balaban J connectivity index is 1.67. The first-order valence-corrected chi connectivity index (χ1v) is 13.4. The molecule has 3 aromatic rings. The molecule has 4 rings (SSSR count). The highest BCUT2D eigenvalue weighted by Gasteiger charge is 2.46. The van der Waals surface area contributed by atoms with Crippen molar-refractivity contribution in [2.24, 2.45) is 0 Å². The maximum atomic E-state index is 13.1. The summed E-state index contributed by atoms with van der Waals surface area (Å²) in [5.74, 6) is -4.30. The van der Waals surface area contributed by atoms with Crippen molar-refractivity contribution >= 4 is 22.9 Å². The minimum Gasteiger partial charge on any atom is -0.508 e. The van der Waals surface area contributed by atoms with Crippen molar-refractivity contribution in [3.8, 4) is 40.1 Å². The van der Waals surface area contributed by atoms with Gasteiger partial charge in [-0.15, -0.1) is 0 Å². The fourth-order valence-corrected chi connectivity index (χ4v) is 4.75. The van der Waals surface area contributed by atoms with Crippen molar-refractivity contribution in [3.05, 3.63) is 40.6 Å². The van der Waals surface area contributed by atoms with Crippen LogP contribution in [0.5, 0.6) is 28.7 Å². The van der Waals surface area contributed by atoms with Gasteiger partial charge >= 0.3 is 11.9 Å². The van der Waals surface area contributed by atoms with E-state index in [2.05, 4.69) is 0 Å². The van der Waals surface area contributed by atoms with E-state index in [4.69, 9.17) is 33.2 Å². The Bertz CT molecular complexity index is 1610. The maximum absolute atomic E-state index is 13.1. The zero-order chi connectivity index (χ0) is 33.2. The van der Waals surface area contributed by atoms with Gasteiger partial charge in [-0.1, -0.05) is 0 Å². The third kappa shape index (κ3) is 7.05. The van der Waals surface area contributed by atoms with Gasteiger partial charge in [-0.25, -0.2) is 0 Å². The number of carboxylic acids is 1. The summed E-state index contributed by atoms with van der Waals surface area (Å²) in [6.45, 7) is 0.405. The van der Waals surface area contributed by atoms with Crippen LogP contribution in [-0.2, 0) is 19.1 Å². The van der Waals surface area contributed by atoms with Crippen molar-refractivity contribution in [2.45, 2.75) is 56.1 Å². The number of benzene rings is 2. The SMILES string of the molecule is COc1c(OC2OC(COC(=O)CC(C)(O)CC(=O)O)C(O)C(O)C2O)c(OC)c2oc(-c3ccc(O)cc3)cc(=O)c2c1O. The van der Waals surface area contributed by atoms with E-state index in [1.165, 1.54) is 31.4 Å². The molecule has 2 aromatic carbocycles. The van der Waals surface area contributed by atoms with Crippen LogP contribution in [-0.4, -0.2) is 105 Å². The Hall–Kier alpha value is -4.61. The number of phenolic OH excluding ortho intramolecular Hbond substituents is 2. The highest BCUT2D eigenvalue weighted by atomic mass is 16.7. The molecule has 1 fully saturated rings. The summed E-state index contributed by atoms with van der Waals surface area (Å²) in [5, 5.41) is 70.9. The van der Waals surface area contributed by atoms with Gasteiger partial charge in [-0.2, -0.15) is 0 Å². The van der Waals surface area contributed by atoms with Gasteiger partial charge in [0.2, 0.25) is 23.5 Å². The second-order valence-corrected chi connectivity index (χ2v) is 10.5. The van der Waals surface area contributed by atoms with Crippen molar-refractivity contribution in [1.82, 2.24) is 0 Å². The van der Waals surface area contributed by atoms with E-state index in [9.17, 15) is 45.0 Å². The lowest BCUT2D eigenvalue weighted by atomic mass is 9.98. The molecule has 0 radical (unpaired) electrons. The van der Waals surface area contributed by atoms with Crippen molar-refractivity contribution in [2.75, 3.05) is 20.8 Å². The van der Waals surface area contributed by atoms with E-state index < -0.39 is 90.4 Å². The molecule has 0 aliphatic carbocycles. The monoisotopic (exact) mass is 636 g/mol. The Morgan fingerprint density at radius 1 is 0.933 bits per heavy atom. The van der Waals surface area contributed by atoms with Crippen molar-refractivity contribution < 1.29 is 73.4 Å². The second kappa shape index (κ2) is 13.2. The molecular weight excluding hydrogens is 604 g/mol. The first kappa shape index (κ1) is 33.3. The lowest BCUT2D eigenvalue weighted by Gasteiger charge is -2.40. The molecule has 1 saturated heterocycles. The smallest absolute Gasteiger partial charge is 0.308 e. The van der Waals surface area contributed by atoms with Crippen LogP contribution < -0.4 is 19.6 Å². The summed E-state index contributed by atoms with van der Waals surface area (Å²) < 4.78 is 33.0. The Labute approximate surface area is 254 Å². The Morgan fingerprint density at radius 2 is 1.58 bits per heavy atom. The number of phenols is 2. The first-order valence-electron chi connectivity index (χ1n) is 13.4. The maximum Gasteiger partial charge on any atom is 0.308 e. The van der Waals surface area contributed by atoms with E-state index in [0.717, 1.165) is 20.1 Å². The Morgan fingerprint density at radius 3 is 2.18 bits per heavy atom. The Kier molecular flexibility index (Phi) is 9.74. The highest BCUT2D eigenvalue weighted by molar-refractivity contribution is 5.95. The molecule has 6 atom stereocenters. The number of fused-ring (bicyclic) bond motifs is 1. The highest BCUT2D eigenvalue weighted by Crippen LogP contribution is 2.51. The summed E-state index contributed by atoms with van der Waals surface area (Å²) in [7, 11) is 2.32. The van der Waals surface area contributed by atoms with E-state index >= 15 is 0 Å². The number of aliphatic hydroxyl groups excluding tert-OH is 3. The number of hydrogen-bond donors (Lipinski definition) is 7. The van der Waals surface area contributed by atoms with E-state index in [1.807, 2.05) is 0 Å². The number of carbonyl (C=O) groups is 2. The summed E-state index contributed by atoms with van der Waals surface area (Å²) in [5.41, 5.74) is -2.54. The molecule has 0 amide bonds. The molecular formula is C29H32O16. The number of methoxy groups -OCH3 is 2. The minimum absolute atomic E-state index is 0.0259. The van der Waals surface area contributed by atoms with E-state index in [-0.39, 0.29) is 28.2 Å². The average molecular weight is 637 g/mol.